The lowest BCUT2D eigenvalue weighted by Gasteiger charge is -2.23. The second-order valence-electron chi connectivity index (χ2n) is 9.95. The Morgan fingerprint density at radius 3 is 2.38 bits per heavy atom. The molecule has 1 aliphatic rings. The number of ketones is 1. The number of hydrogen-bond acceptors (Lipinski definition) is 7. The number of aromatic nitrogens is 1. The van der Waals surface area contributed by atoms with Crippen LogP contribution in [-0.2, 0) is 9.59 Å². The van der Waals surface area contributed by atoms with Gasteiger partial charge in [-0.1, -0.05) is 49.3 Å². The maximum Gasteiger partial charge on any atom is 0.301 e. The SMILES string of the molecule is CCCCCOc1ccc(C2/C(=C(\O)c3ccc(OC)cc3)C(=O)C(=O)N2c2nc3c(C)cc(C)cc3s2)cc1. The second-order valence-corrected chi connectivity index (χ2v) is 11.0. The number of aliphatic hydroxyl groups is 1. The molecule has 0 aliphatic carbocycles. The second kappa shape index (κ2) is 11.5. The zero-order valence-corrected chi connectivity index (χ0v) is 23.9. The number of benzene rings is 3. The molecule has 1 unspecified atom stereocenters. The summed E-state index contributed by atoms with van der Waals surface area (Å²) in [5.41, 5.74) is 3.97. The van der Waals surface area contributed by atoms with E-state index in [0.717, 1.165) is 40.6 Å². The van der Waals surface area contributed by atoms with Crippen LogP contribution >= 0.6 is 11.3 Å². The lowest BCUT2D eigenvalue weighted by atomic mass is 9.95. The van der Waals surface area contributed by atoms with Crippen LogP contribution in [0.4, 0.5) is 5.13 Å². The number of carbonyl (C=O) groups is 2. The standard InChI is InChI=1S/C32H32N2O5S/c1-5-6-7-16-39-24-14-8-21(9-15-24)28-26(29(35)22-10-12-23(38-4)13-11-22)30(36)31(37)34(28)32-33-27-20(3)17-19(2)18-25(27)40-32/h8-15,17-18,28,35H,5-7,16H2,1-4H3/b29-26+. The number of ether oxygens (including phenoxy) is 2. The molecule has 0 saturated carbocycles. The van der Waals surface area contributed by atoms with Crippen LogP contribution in [0.25, 0.3) is 16.0 Å². The number of methoxy groups -OCH3 is 1. The van der Waals surface area contributed by atoms with E-state index in [0.29, 0.717) is 34.4 Å². The van der Waals surface area contributed by atoms with Gasteiger partial charge in [-0.15, -0.1) is 0 Å². The first-order chi connectivity index (χ1) is 19.3. The molecule has 8 heteroatoms. The van der Waals surface area contributed by atoms with Crippen molar-refractivity contribution < 1.29 is 24.2 Å². The van der Waals surface area contributed by atoms with E-state index in [4.69, 9.17) is 14.5 Å². The molecule has 1 N–H and O–H groups in total. The Morgan fingerprint density at radius 1 is 1.00 bits per heavy atom. The van der Waals surface area contributed by atoms with Crippen LogP contribution in [0.3, 0.4) is 0 Å². The highest BCUT2D eigenvalue weighted by Crippen LogP contribution is 2.45. The van der Waals surface area contributed by atoms with Crippen LogP contribution in [0.5, 0.6) is 11.5 Å². The topological polar surface area (TPSA) is 89.0 Å². The van der Waals surface area contributed by atoms with E-state index in [2.05, 4.69) is 6.92 Å². The van der Waals surface area contributed by atoms with Crippen LogP contribution < -0.4 is 14.4 Å². The van der Waals surface area contributed by atoms with Crippen molar-refractivity contribution in [2.45, 2.75) is 46.1 Å². The highest BCUT2D eigenvalue weighted by molar-refractivity contribution is 7.22. The largest absolute Gasteiger partial charge is 0.507 e. The molecule has 5 rings (SSSR count). The van der Waals surface area contributed by atoms with Gasteiger partial charge in [0.15, 0.2) is 5.13 Å². The van der Waals surface area contributed by atoms with Crippen molar-refractivity contribution in [3.05, 3.63) is 88.5 Å². The van der Waals surface area contributed by atoms with Crippen LogP contribution in [0.1, 0.15) is 54.5 Å². The van der Waals surface area contributed by atoms with E-state index >= 15 is 0 Å². The van der Waals surface area contributed by atoms with E-state index in [1.54, 1.807) is 31.4 Å². The van der Waals surface area contributed by atoms with Crippen molar-refractivity contribution in [3.63, 3.8) is 0 Å². The molecule has 206 valence electrons. The summed E-state index contributed by atoms with van der Waals surface area (Å²) < 4.78 is 12.0. The van der Waals surface area contributed by atoms with Crippen molar-refractivity contribution in [1.29, 1.82) is 0 Å². The van der Waals surface area contributed by atoms with Crippen LogP contribution in [0.2, 0.25) is 0 Å². The Morgan fingerprint density at radius 2 is 1.70 bits per heavy atom. The predicted molar refractivity (Wildman–Crippen MR) is 158 cm³/mol. The zero-order chi connectivity index (χ0) is 28.4. The van der Waals surface area contributed by atoms with Gasteiger partial charge in [0, 0.05) is 5.56 Å². The Hall–Kier alpha value is -4.17. The number of carbonyl (C=O) groups excluding carboxylic acids is 2. The molecule has 1 amide bonds. The molecule has 7 nitrogen and oxygen atoms in total. The Balaban J connectivity index is 1.61. The monoisotopic (exact) mass is 556 g/mol. The lowest BCUT2D eigenvalue weighted by molar-refractivity contribution is -0.132. The first kappa shape index (κ1) is 27.4. The minimum Gasteiger partial charge on any atom is -0.507 e. The van der Waals surface area contributed by atoms with Gasteiger partial charge in [0.25, 0.3) is 5.78 Å². The van der Waals surface area contributed by atoms with Crippen LogP contribution in [0.15, 0.2) is 66.2 Å². The summed E-state index contributed by atoms with van der Waals surface area (Å²) in [4.78, 5) is 33.3. The van der Waals surface area contributed by atoms with Crippen molar-refractivity contribution in [1.82, 2.24) is 4.98 Å². The number of amides is 1. The van der Waals surface area contributed by atoms with Crippen molar-refractivity contribution in [2.24, 2.45) is 0 Å². The number of unbranched alkanes of at least 4 members (excludes halogenated alkanes) is 2. The summed E-state index contributed by atoms with van der Waals surface area (Å²) in [6.45, 7) is 6.75. The van der Waals surface area contributed by atoms with Crippen molar-refractivity contribution >= 4 is 44.1 Å². The molecule has 4 aromatic rings. The highest BCUT2D eigenvalue weighted by Gasteiger charge is 2.48. The molecule has 2 heterocycles. The summed E-state index contributed by atoms with van der Waals surface area (Å²) >= 11 is 1.36. The fourth-order valence-electron chi connectivity index (χ4n) is 5.00. The number of hydrogen-bond donors (Lipinski definition) is 1. The molecule has 0 bridgehead atoms. The highest BCUT2D eigenvalue weighted by atomic mass is 32.1. The third-order valence-corrected chi connectivity index (χ3v) is 8.05. The number of fused-ring (bicyclic) bond motifs is 1. The van der Waals surface area contributed by atoms with E-state index in [9.17, 15) is 14.7 Å². The fourth-order valence-corrected chi connectivity index (χ4v) is 6.17. The fraction of sp³-hybridized carbons (Fsp3) is 0.281. The Labute approximate surface area is 237 Å². The zero-order valence-electron chi connectivity index (χ0n) is 23.1. The van der Waals surface area contributed by atoms with E-state index in [1.807, 2.05) is 50.2 Å². The molecule has 1 aliphatic heterocycles. The van der Waals surface area contributed by atoms with Gasteiger partial charge in [0.1, 0.15) is 17.3 Å². The lowest BCUT2D eigenvalue weighted by Crippen LogP contribution is -2.29. The first-order valence-corrected chi connectivity index (χ1v) is 14.2. The van der Waals surface area contributed by atoms with Gasteiger partial charge < -0.3 is 14.6 Å². The summed E-state index contributed by atoms with van der Waals surface area (Å²) in [5.74, 6) is -0.415. The molecule has 3 aromatic carbocycles. The van der Waals surface area contributed by atoms with Crippen LogP contribution in [-0.4, -0.2) is 35.5 Å². The number of rotatable bonds is 9. The molecule has 1 saturated heterocycles. The summed E-state index contributed by atoms with van der Waals surface area (Å²) in [5, 5.41) is 11.8. The molecule has 1 fully saturated rings. The van der Waals surface area contributed by atoms with Gasteiger partial charge in [-0.2, -0.15) is 0 Å². The summed E-state index contributed by atoms with van der Waals surface area (Å²) in [7, 11) is 1.55. The van der Waals surface area contributed by atoms with Gasteiger partial charge in [0.05, 0.1) is 35.5 Å². The maximum absolute atomic E-state index is 13.6. The minimum absolute atomic E-state index is 0.0129. The third-order valence-electron chi connectivity index (χ3n) is 7.04. The molecular formula is C32H32N2O5S. The average Bonchev–Trinajstić information content (AvgIpc) is 3.49. The van der Waals surface area contributed by atoms with E-state index in [-0.39, 0.29) is 11.3 Å². The number of aryl methyl sites for hydroxylation is 2. The van der Waals surface area contributed by atoms with Gasteiger partial charge in [-0.3, -0.25) is 14.5 Å². The number of thiazole rings is 1. The first-order valence-electron chi connectivity index (χ1n) is 13.4. The maximum atomic E-state index is 13.6. The van der Waals surface area contributed by atoms with Crippen LogP contribution in [0, 0.1) is 13.8 Å². The molecule has 0 spiro atoms. The normalized spacial score (nSPS) is 16.6. The minimum atomic E-state index is -0.863. The Kier molecular flexibility index (Phi) is 7.89. The summed E-state index contributed by atoms with van der Waals surface area (Å²) in [6, 6.07) is 17.3. The average molecular weight is 557 g/mol. The van der Waals surface area contributed by atoms with Gasteiger partial charge in [-0.25, -0.2) is 4.98 Å². The molecule has 0 radical (unpaired) electrons. The van der Waals surface area contributed by atoms with Gasteiger partial charge >= 0.3 is 5.91 Å². The molecular weight excluding hydrogens is 524 g/mol. The number of nitrogens with zero attached hydrogens (tertiary/aromatic N) is 2. The van der Waals surface area contributed by atoms with E-state index < -0.39 is 17.7 Å². The number of Topliss-reactive ketones (excluding diaryl/α,β-unsaturated/α-hetero) is 1. The Bertz CT molecular complexity index is 1590. The molecule has 1 aromatic heterocycles. The van der Waals surface area contributed by atoms with Gasteiger partial charge in [0.2, 0.25) is 0 Å². The molecule has 1 atom stereocenters. The smallest absolute Gasteiger partial charge is 0.301 e. The van der Waals surface area contributed by atoms with Crippen molar-refractivity contribution in [3.8, 4) is 11.5 Å². The summed E-state index contributed by atoms with van der Waals surface area (Å²) in [6.07, 6.45) is 3.18. The van der Waals surface area contributed by atoms with Gasteiger partial charge in [-0.05, 0) is 79.4 Å². The van der Waals surface area contributed by atoms with E-state index in [1.165, 1.54) is 16.2 Å². The van der Waals surface area contributed by atoms with Crippen molar-refractivity contribution in [2.75, 3.05) is 18.6 Å². The number of anilines is 1. The molecule has 40 heavy (non-hydrogen) atoms. The quantitative estimate of drug-likeness (QED) is 0.102. The number of aliphatic hydroxyl groups excluding tert-OH is 1. The predicted octanol–water partition coefficient (Wildman–Crippen LogP) is 7.12. The third kappa shape index (κ3) is 5.19.